The van der Waals surface area contributed by atoms with Gasteiger partial charge in [-0.3, -0.25) is 4.90 Å². The lowest BCUT2D eigenvalue weighted by atomic mass is 9.75. The van der Waals surface area contributed by atoms with Gasteiger partial charge in [-0.1, -0.05) is 12.1 Å². The molecule has 5 heterocycles. The molecule has 1 aromatic heterocycles. The number of rotatable bonds is 3. The van der Waals surface area contributed by atoms with Crippen LogP contribution in [0.25, 0.3) is 0 Å². The molecule has 0 spiro atoms. The highest BCUT2D eigenvalue weighted by molar-refractivity contribution is 7.13. The molecule has 5 heteroatoms. The molecule has 0 amide bonds. The summed E-state index contributed by atoms with van der Waals surface area (Å²) < 4.78 is 5.34. The minimum atomic E-state index is 0.563. The highest BCUT2D eigenvalue weighted by atomic mass is 32.1. The Morgan fingerprint density at radius 3 is 2.58 bits per heavy atom. The van der Waals surface area contributed by atoms with Crippen molar-refractivity contribution < 1.29 is 4.74 Å². The molecular formula is C19H23N3OS. The molecule has 6 rings (SSSR count). The van der Waals surface area contributed by atoms with Gasteiger partial charge in [0.05, 0.1) is 13.2 Å². The number of aromatic nitrogens is 1. The first kappa shape index (κ1) is 14.7. The van der Waals surface area contributed by atoms with Crippen LogP contribution in [0.1, 0.15) is 24.3 Å². The Labute approximate surface area is 147 Å². The lowest BCUT2D eigenvalue weighted by Crippen LogP contribution is -2.60. The summed E-state index contributed by atoms with van der Waals surface area (Å²) in [5.74, 6) is 2.33. The van der Waals surface area contributed by atoms with Crippen molar-refractivity contribution in [1.82, 2.24) is 9.88 Å². The smallest absolute Gasteiger partial charge is 0.185 e. The first-order valence-corrected chi connectivity index (χ1v) is 9.77. The average Bonchev–Trinajstić information content (AvgIpc) is 3.31. The third-order valence-electron chi connectivity index (χ3n) is 6.20. The monoisotopic (exact) mass is 341 g/mol. The second-order valence-corrected chi connectivity index (χ2v) is 8.07. The van der Waals surface area contributed by atoms with Crippen molar-refractivity contribution in [2.24, 2.45) is 5.92 Å². The zero-order chi connectivity index (χ0) is 16.1. The van der Waals surface area contributed by atoms with Crippen LogP contribution in [0.2, 0.25) is 0 Å². The first-order chi connectivity index (χ1) is 11.8. The van der Waals surface area contributed by atoms with Crippen molar-refractivity contribution in [2.45, 2.75) is 30.8 Å². The van der Waals surface area contributed by atoms with Crippen LogP contribution in [-0.4, -0.2) is 48.7 Å². The largest absolute Gasteiger partial charge is 0.497 e. The van der Waals surface area contributed by atoms with Gasteiger partial charge < -0.3 is 9.64 Å². The van der Waals surface area contributed by atoms with E-state index in [1.807, 2.05) is 6.20 Å². The van der Waals surface area contributed by atoms with Gasteiger partial charge in [-0.2, -0.15) is 0 Å². The van der Waals surface area contributed by atoms with E-state index < -0.39 is 0 Å². The maximum atomic E-state index is 5.34. The molecule has 0 saturated carbocycles. The summed E-state index contributed by atoms with van der Waals surface area (Å²) in [6, 6.07) is 9.99. The SMILES string of the molecule is COc1ccc([C@@H]2CN(c3nccs3)[C@@H]3C4CCN(CC4)[C@@H]32)cc1. The van der Waals surface area contributed by atoms with E-state index in [-0.39, 0.29) is 0 Å². The number of methoxy groups -OCH3 is 1. The molecule has 4 aliphatic rings. The number of piperidine rings is 3. The van der Waals surface area contributed by atoms with Gasteiger partial charge in [-0.25, -0.2) is 4.98 Å². The zero-order valence-electron chi connectivity index (χ0n) is 14.0. The predicted octanol–water partition coefficient (Wildman–Crippen LogP) is 3.22. The quantitative estimate of drug-likeness (QED) is 0.857. The van der Waals surface area contributed by atoms with Crippen LogP contribution in [0.5, 0.6) is 5.75 Å². The highest BCUT2D eigenvalue weighted by Crippen LogP contribution is 2.48. The van der Waals surface area contributed by atoms with Crippen LogP contribution < -0.4 is 9.64 Å². The van der Waals surface area contributed by atoms with E-state index in [4.69, 9.17) is 4.74 Å². The van der Waals surface area contributed by atoms with Gasteiger partial charge in [0.1, 0.15) is 5.75 Å². The minimum Gasteiger partial charge on any atom is -0.497 e. The Hall–Kier alpha value is -1.59. The fraction of sp³-hybridized carbons (Fsp3) is 0.526. The van der Waals surface area contributed by atoms with E-state index in [0.717, 1.165) is 18.2 Å². The molecule has 126 valence electrons. The van der Waals surface area contributed by atoms with Crippen LogP contribution in [-0.2, 0) is 0 Å². The second-order valence-electron chi connectivity index (χ2n) is 7.20. The summed E-state index contributed by atoms with van der Waals surface area (Å²) in [7, 11) is 1.73. The number of benzene rings is 1. The molecule has 2 bridgehead atoms. The van der Waals surface area contributed by atoms with Gasteiger partial charge in [0, 0.05) is 30.1 Å². The Kier molecular flexibility index (Phi) is 3.52. The number of nitrogens with zero attached hydrogens (tertiary/aromatic N) is 3. The number of hydrogen-bond donors (Lipinski definition) is 0. The maximum Gasteiger partial charge on any atom is 0.185 e. The molecular weight excluding hydrogens is 318 g/mol. The lowest BCUT2D eigenvalue weighted by Gasteiger charge is -2.51. The van der Waals surface area contributed by atoms with Crippen LogP contribution in [0, 0.1) is 5.92 Å². The summed E-state index contributed by atoms with van der Waals surface area (Å²) >= 11 is 1.78. The molecule has 0 N–H and O–H groups in total. The summed E-state index contributed by atoms with van der Waals surface area (Å²) in [4.78, 5) is 9.99. The number of fused-ring (bicyclic) bond motifs is 2. The topological polar surface area (TPSA) is 28.6 Å². The van der Waals surface area contributed by atoms with Crippen molar-refractivity contribution in [3.05, 3.63) is 41.4 Å². The third kappa shape index (κ3) is 2.18. The number of thiazole rings is 1. The van der Waals surface area contributed by atoms with Crippen molar-refractivity contribution in [3.63, 3.8) is 0 Å². The molecule has 4 aliphatic heterocycles. The summed E-state index contributed by atoms with van der Waals surface area (Å²) in [5.41, 5.74) is 1.44. The first-order valence-electron chi connectivity index (χ1n) is 8.89. The molecule has 3 atom stereocenters. The highest BCUT2D eigenvalue weighted by Gasteiger charge is 2.53. The van der Waals surface area contributed by atoms with E-state index in [1.54, 1.807) is 18.4 Å². The fourth-order valence-electron chi connectivity index (χ4n) is 5.14. The summed E-state index contributed by atoms with van der Waals surface area (Å²) in [6.45, 7) is 3.62. The van der Waals surface area contributed by atoms with Crippen molar-refractivity contribution in [2.75, 3.05) is 31.6 Å². The van der Waals surface area contributed by atoms with E-state index in [9.17, 15) is 0 Å². The number of anilines is 1. The summed E-state index contributed by atoms with van der Waals surface area (Å²) in [6.07, 6.45) is 4.63. The zero-order valence-corrected chi connectivity index (χ0v) is 14.8. The predicted molar refractivity (Wildman–Crippen MR) is 97.1 cm³/mol. The van der Waals surface area contributed by atoms with E-state index in [1.165, 1.54) is 36.6 Å². The lowest BCUT2D eigenvalue weighted by molar-refractivity contribution is 0.0356. The van der Waals surface area contributed by atoms with Gasteiger partial charge in [-0.05, 0) is 49.5 Å². The standard InChI is InChI=1S/C19H23N3OS/c1-23-15-4-2-13(3-5-15)16-12-22(19-20-8-11-24-19)17-14-6-9-21(10-7-14)18(16)17/h2-5,8,11,14,16-18H,6-7,9-10,12H2,1H3/t16-,17+,18+/m0/s1. The van der Waals surface area contributed by atoms with Crippen LogP contribution in [0.4, 0.5) is 5.13 Å². The molecule has 1 aromatic carbocycles. The molecule has 4 saturated heterocycles. The summed E-state index contributed by atoms with van der Waals surface area (Å²) in [5, 5.41) is 3.31. The van der Waals surface area contributed by atoms with Gasteiger partial charge in [0.2, 0.25) is 0 Å². The van der Waals surface area contributed by atoms with E-state index >= 15 is 0 Å². The molecule has 0 aliphatic carbocycles. The van der Waals surface area contributed by atoms with E-state index in [2.05, 4.69) is 44.4 Å². The maximum absolute atomic E-state index is 5.34. The normalized spacial score (nSPS) is 34.4. The van der Waals surface area contributed by atoms with Crippen LogP contribution >= 0.6 is 11.3 Å². The number of hydrogen-bond acceptors (Lipinski definition) is 5. The Bertz CT molecular complexity index is 694. The fourth-order valence-corrected chi connectivity index (χ4v) is 5.84. The van der Waals surface area contributed by atoms with Crippen molar-refractivity contribution >= 4 is 16.5 Å². The molecule has 24 heavy (non-hydrogen) atoms. The molecule has 4 nitrogen and oxygen atoms in total. The Morgan fingerprint density at radius 2 is 1.92 bits per heavy atom. The second kappa shape index (κ2) is 5.74. The van der Waals surface area contributed by atoms with E-state index in [0.29, 0.717) is 18.0 Å². The van der Waals surface area contributed by atoms with Gasteiger partial charge >= 0.3 is 0 Å². The molecule has 0 radical (unpaired) electrons. The molecule has 2 aromatic rings. The number of ether oxygens (including phenoxy) is 1. The van der Waals surface area contributed by atoms with Crippen LogP contribution in [0.15, 0.2) is 35.8 Å². The third-order valence-corrected chi connectivity index (χ3v) is 7.01. The van der Waals surface area contributed by atoms with Gasteiger partial charge in [-0.15, -0.1) is 11.3 Å². The molecule has 4 fully saturated rings. The average molecular weight is 341 g/mol. The van der Waals surface area contributed by atoms with Gasteiger partial charge in [0.25, 0.3) is 0 Å². The van der Waals surface area contributed by atoms with Crippen molar-refractivity contribution in [3.8, 4) is 5.75 Å². The molecule has 0 unspecified atom stereocenters. The van der Waals surface area contributed by atoms with Gasteiger partial charge in [0.15, 0.2) is 5.13 Å². The Balaban J connectivity index is 1.53. The minimum absolute atomic E-state index is 0.563. The van der Waals surface area contributed by atoms with Crippen LogP contribution in [0.3, 0.4) is 0 Å². The Morgan fingerprint density at radius 1 is 1.12 bits per heavy atom. The van der Waals surface area contributed by atoms with Crippen molar-refractivity contribution in [1.29, 1.82) is 0 Å².